The van der Waals surface area contributed by atoms with E-state index in [9.17, 15) is 0 Å². The van der Waals surface area contributed by atoms with Crippen LogP contribution in [0.3, 0.4) is 0 Å². The summed E-state index contributed by atoms with van der Waals surface area (Å²) in [5.74, 6) is 0. The van der Waals surface area contributed by atoms with E-state index < -0.39 is 0 Å². The molecular formula is C50H58. The molecule has 0 heteroatoms. The van der Waals surface area contributed by atoms with Crippen molar-refractivity contribution in [1.82, 2.24) is 0 Å². The first-order chi connectivity index (χ1) is 23.7. The quantitative estimate of drug-likeness (QED) is 0.226. The summed E-state index contributed by atoms with van der Waals surface area (Å²) < 4.78 is 0. The van der Waals surface area contributed by atoms with Gasteiger partial charge in [0, 0.05) is 0 Å². The highest BCUT2D eigenvalue weighted by Gasteiger charge is 2.68. The van der Waals surface area contributed by atoms with Crippen molar-refractivity contribution in [1.29, 1.82) is 0 Å². The Morgan fingerprint density at radius 1 is 0.380 bits per heavy atom. The average Bonchev–Trinajstić information content (AvgIpc) is 3.04. The first kappa shape index (κ1) is 32.5. The highest BCUT2D eigenvalue weighted by molar-refractivity contribution is 5.63. The van der Waals surface area contributed by atoms with Crippen molar-refractivity contribution in [3.05, 3.63) is 131 Å². The van der Waals surface area contributed by atoms with Crippen molar-refractivity contribution in [2.45, 2.75) is 126 Å². The standard InChI is InChI=1S/C50H58/c1-9-35-13-19-41(37(11-3)21-35)49-29-43(5)23-44(6,30-49)26-47(25-43,33-49)39-15-17-40(18-16-39)48-27-45(7)24-46(8,28-48)32-50(31-45,34-48)42-20-14-36(10-2)22-38(42)12-4/h9-22H,1-4,23-34H2,5-8H3. The SMILES string of the molecule is C=Cc1ccc(C23CC4(C)CC(C)(CC(c5ccc(C67CC8(C)CC(C)(C6)CC(c6ccc(C=C)cc6C=C)(C8)C7)cc5)(C4)C2)C3)c(C=C)c1. The molecule has 8 aliphatic rings. The van der Waals surface area contributed by atoms with Crippen LogP contribution in [0.1, 0.15) is 149 Å². The Kier molecular flexibility index (Phi) is 6.60. The minimum absolute atomic E-state index is 0.194. The topological polar surface area (TPSA) is 0 Å². The summed E-state index contributed by atoms with van der Waals surface area (Å²) in [6.07, 6.45) is 23.9. The molecule has 0 amide bonds. The smallest absolute Gasteiger partial charge is 0.00222 e. The summed E-state index contributed by atoms with van der Waals surface area (Å²) in [6.45, 7) is 27.2. The summed E-state index contributed by atoms with van der Waals surface area (Å²) in [5.41, 5.74) is 13.6. The van der Waals surface area contributed by atoms with Crippen molar-refractivity contribution in [2.75, 3.05) is 0 Å². The Balaban J connectivity index is 1.12. The lowest BCUT2D eigenvalue weighted by Gasteiger charge is -2.70. The van der Waals surface area contributed by atoms with Crippen LogP contribution in [-0.4, -0.2) is 0 Å². The zero-order valence-corrected chi connectivity index (χ0v) is 31.4. The van der Waals surface area contributed by atoms with Gasteiger partial charge < -0.3 is 0 Å². The molecular weight excluding hydrogens is 601 g/mol. The molecule has 0 N–H and O–H groups in total. The molecule has 0 radical (unpaired) electrons. The number of rotatable bonds is 8. The second-order valence-electron chi connectivity index (χ2n) is 20.6. The van der Waals surface area contributed by atoms with E-state index in [-0.39, 0.29) is 21.7 Å². The maximum absolute atomic E-state index is 4.30. The van der Waals surface area contributed by atoms with Gasteiger partial charge in [-0.15, -0.1) is 0 Å². The first-order valence-corrected chi connectivity index (χ1v) is 19.6. The van der Waals surface area contributed by atoms with Gasteiger partial charge >= 0.3 is 0 Å². The van der Waals surface area contributed by atoms with Gasteiger partial charge in [-0.3, -0.25) is 0 Å². The summed E-state index contributed by atoms with van der Waals surface area (Å²) in [6, 6.07) is 24.6. The Morgan fingerprint density at radius 3 is 1.00 bits per heavy atom. The van der Waals surface area contributed by atoms with Gasteiger partial charge in [0.1, 0.15) is 0 Å². The van der Waals surface area contributed by atoms with E-state index in [4.69, 9.17) is 0 Å². The molecule has 4 unspecified atom stereocenters. The molecule has 0 spiro atoms. The van der Waals surface area contributed by atoms with Crippen LogP contribution >= 0.6 is 0 Å². The summed E-state index contributed by atoms with van der Waals surface area (Å²) in [4.78, 5) is 0. The van der Waals surface area contributed by atoms with E-state index in [1.807, 2.05) is 12.2 Å². The van der Waals surface area contributed by atoms with Crippen LogP contribution in [0.4, 0.5) is 0 Å². The highest BCUT2D eigenvalue weighted by Crippen LogP contribution is 2.76. The third-order valence-electron chi connectivity index (χ3n) is 15.5. The van der Waals surface area contributed by atoms with Crippen LogP contribution in [0.15, 0.2) is 87.0 Å². The lowest BCUT2D eigenvalue weighted by Crippen LogP contribution is -2.63. The second kappa shape index (κ2) is 10.1. The third kappa shape index (κ3) is 4.55. The molecule has 8 bridgehead atoms. The molecule has 50 heavy (non-hydrogen) atoms. The van der Waals surface area contributed by atoms with Crippen LogP contribution in [0.2, 0.25) is 0 Å². The molecule has 3 aromatic carbocycles. The molecule has 11 rings (SSSR count). The van der Waals surface area contributed by atoms with Crippen LogP contribution in [-0.2, 0) is 21.7 Å². The molecule has 8 aliphatic carbocycles. The van der Waals surface area contributed by atoms with Gasteiger partial charge in [0.05, 0.1) is 0 Å². The van der Waals surface area contributed by atoms with Crippen LogP contribution in [0, 0.1) is 21.7 Å². The maximum Gasteiger partial charge on any atom is -0.00222 e. The zero-order valence-electron chi connectivity index (χ0n) is 31.4. The fraction of sp³-hybridized carbons (Fsp3) is 0.480. The number of hydrogen-bond acceptors (Lipinski definition) is 0. The van der Waals surface area contributed by atoms with Crippen LogP contribution in [0.5, 0.6) is 0 Å². The molecule has 0 heterocycles. The van der Waals surface area contributed by atoms with Crippen molar-refractivity contribution in [2.24, 2.45) is 21.7 Å². The minimum atomic E-state index is 0.194. The fourth-order valence-electron chi connectivity index (χ4n) is 16.5. The molecule has 0 aliphatic heterocycles. The maximum atomic E-state index is 4.30. The van der Waals surface area contributed by atoms with Crippen molar-refractivity contribution < 1.29 is 0 Å². The Bertz CT molecular complexity index is 1780. The van der Waals surface area contributed by atoms with E-state index in [1.54, 1.807) is 11.1 Å². The van der Waals surface area contributed by atoms with E-state index in [0.29, 0.717) is 21.7 Å². The minimum Gasteiger partial charge on any atom is -0.0985 e. The lowest BCUT2D eigenvalue weighted by molar-refractivity contribution is -0.128. The first-order valence-electron chi connectivity index (χ1n) is 19.6. The lowest BCUT2D eigenvalue weighted by atomic mass is 9.33. The Hall–Kier alpha value is -3.38. The van der Waals surface area contributed by atoms with Crippen LogP contribution < -0.4 is 0 Å². The van der Waals surface area contributed by atoms with E-state index in [0.717, 1.165) is 0 Å². The van der Waals surface area contributed by atoms with Gasteiger partial charge in [0.2, 0.25) is 0 Å². The molecule has 3 aromatic rings. The Labute approximate surface area is 302 Å². The van der Waals surface area contributed by atoms with Gasteiger partial charge in [0.15, 0.2) is 0 Å². The summed E-state index contributed by atoms with van der Waals surface area (Å²) >= 11 is 0. The summed E-state index contributed by atoms with van der Waals surface area (Å²) in [7, 11) is 0. The highest BCUT2D eigenvalue weighted by atomic mass is 14.7. The van der Waals surface area contributed by atoms with E-state index >= 15 is 0 Å². The third-order valence-corrected chi connectivity index (χ3v) is 15.5. The molecule has 4 atom stereocenters. The molecule has 0 nitrogen and oxygen atoms in total. The van der Waals surface area contributed by atoms with Crippen molar-refractivity contribution >= 4 is 24.3 Å². The largest absolute Gasteiger partial charge is 0.0985 e. The monoisotopic (exact) mass is 658 g/mol. The predicted octanol–water partition coefficient (Wildman–Crippen LogP) is 13.4. The summed E-state index contributed by atoms with van der Waals surface area (Å²) in [5, 5.41) is 0. The molecule has 0 saturated heterocycles. The second-order valence-corrected chi connectivity index (χ2v) is 20.6. The van der Waals surface area contributed by atoms with Gasteiger partial charge in [-0.05, 0) is 177 Å². The fourth-order valence-corrected chi connectivity index (χ4v) is 16.5. The zero-order chi connectivity index (χ0) is 35.0. The van der Waals surface area contributed by atoms with Crippen molar-refractivity contribution in [3.8, 4) is 0 Å². The van der Waals surface area contributed by atoms with Crippen LogP contribution in [0.25, 0.3) is 24.3 Å². The normalized spacial score (nSPS) is 42.0. The van der Waals surface area contributed by atoms with Crippen molar-refractivity contribution in [3.63, 3.8) is 0 Å². The molecule has 258 valence electrons. The average molecular weight is 659 g/mol. The van der Waals surface area contributed by atoms with Gasteiger partial charge in [-0.25, -0.2) is 0 Å². The molecule has 8 saturated carbocycles. The van der Waals surface area contributed by atoms with E-state index in [1.165, 1.54) is 110 Å². The number of hydrogen-bond donors (Lipinski definition) is 0. The Morgan fingerprint density at radius 2 is 0.700 bits per heavy atom. The van der Waals surface area contributed by atoms with Gasteiger partial charge in [-0.2, -0.15) is 0 Å². The number of benzene rings is 3. The molecule has 8 fully saturated rings. The van der Waals surface area contributed by atoms with Gasteiger partial charge in [0.25, 0.3) is 0 Å². The van der Waals surface area contributed by atoms with E-state index in [2.05, 4.69) is 127 Å². The van der Waals surface area contributed by atoms with Gasteiger partial charge in [-0.1, -0.05) is 127 Å². The predicted molar refractivity (Wildman–Crippen MR) is 214 cm³/mol. The molecule has 0 aromatic heterocycles.